The fourth-order valence-corrected chi connectivity index (χ4v) is 5.91. The molecule has 2 aromatic rings. The van der Waals surface area contributed by atoms with Crippen molar-refractivity contribution in [3.63, 3.8) is 0 Å². The standard InChI is InChI=1S/C26H23N3O9/c1-37-29-20-13-7-10-6-12-11(16-8-14(28-38-16)9-2-3-9)4-5-15(30)18(12)21(31)17(10)23(33)26(13,36)24(34)19(22(20)32)25(27)35/h4-5,8-10,13,30-32,36H,2-3,6-7H2,1H3,(H2,27,35)/b29-20-/t10?,13-,26-/m0/s1. The first-order valence-electron chi connectivity index (χ1n) is 12.0. The number of ketones is 2. The maximum Gasteiger partial charge on any atom is 0.256 e. The van der Waals surface area contributed by atoms with Gasteiger partial charge in [-0.3, -0.25) is 14.4 Å². The predicted octanol–water partition coefficient (Wildman–Crippen LogP) is 1.57. The Labute approximate surface area is 214 Å². The summed E-state index contributed by atoms with van der Waals surface area (Å²) in [7, 11) is 1.15. The van der Waals surface area contributed by atoms with Gasteiger partial charge in [0.1, 0.15) is 29.9 Å². The Hall–Kier alpha value is -4.45. The third-order valence-electron chi connectivity index (χ3n) is 7.87. The number of phenols is 1. The van der Waals surface area contributed by atoms with Gasteiger partial charge in [0.25, 0.3) is 5.91 Å². The van der Waals surface area contributed by atoms with Crippen LogP contribution in [0.2, 0.25) is 0 Å². The van der Waals surface area contributed by atoms with Crippen LogP contribution in [0.15, 0.2) is 44.8 Å². The second-order valence-electron chi connectivity index (χ2n) is 10.00. The van der Waals surface area contributed by atoms with E-state index >= 15 is 0 Å². The molecule has 3 atom stereocenters. The first-order chi connectivity index (χ1) is 18.1. The molecule has 0 aliphatic heterocycles. The van der Waals surface area contributed by atoms with E-state index in [4.69, 9.17) is 15.1 Å². The molecule has 12 nitrogen and oxygen atoms in total. The first-order valence-corrected chi connectivity index (χ1v) is 12.0. The topological polar surface area (TPSA) is 206 Å². The summed E-state index contributed by atoms with van der Waals surface area (Å²) in [5.74, 6) is -7.15. The largest absolute Gasteiger partial charge is 0.507 e. The van der Waals surface area contributed by atoms with Crippen LogP contribution in [0, 0.1) is 11.8 Å². The maximum atomic E-state index is 13.8. The summed E-state index contributed by atoms with van der Waals surface area (Å²) >= 11 is 0. The zero-order chi connectivity index (χ0) is 27.1. The number of Topliss-reactive ketones (excluding diaryl/α,β-unsaturated/α-hetero) is 2. The van der Waals surface area contributed by atoms with E-state index in [9.17, 15) is 34.8 Å². The predicted molar refractivity (Wildman–Crippen MR) is 129 cm³/mol. The summed E-state index contributed by atoms with van der Waals surface area (Å²) in [6.45, 7) is 0. The third kappa shape index (κ3) is 3.09. The molecule has 0 spiro atoms. The van der Waals surface area contributed by atoms with E-state index in [1.807, 2.05) is 6.07 Å². The van der Waals surface area contributed by atoms with Crippen molar-refractivity contribution < 1.29 is 44.2 Å². The minimum Gasteiger partial charge on any atom is -0.507 e. The first kappa shape index (κ1) is 23.9. The average Bonchev–Trinajstić information content (AvgIpc) is 3.60. The Bertz CT molecular complexity index is 1540. The molecule has 196 valence electrons. The number of aromatic hydroxyl groups is 1. The number of hydrogen-bond donors (Lipinski definition) is 5. The number of allylic oxidation sites excluding steroid dienone is 1. The highest BCUT2D eigenvalue weighted by Gasteiger charge is 2.64. The zero-order valence-corrected chi connectivity index (χ0v) is 20.1. The molecule has 2 fully saturated rings. The quantitative estimate of drug-likeness (QED) is 0.223. The summed E-state index contributed by atoms with van der Waals surface area (Å²) in [4.78, 5) is 43.8. The minimum absolute atomic E-state index is 0.0314. The van der Waals surface area contributed by atoms with Crippen molar-refractivity contribution in [1.29, 1.82) is 0 Å². The van der Waals surface area contributed by atoms with E-state index < -0.39 is 52.0 Å². The summed E-state index contributed by atoms with van der Waals surface area (Å²) in [6.07, 6.45) is 2.01. The number of oxime groups is 1. The molecule has 1 unspecified atom stereocenters. The molecular formula is C26H23N3O9. The van der Waals surface area contributed by atoms with Crippen LogP contribution in [-0.4, -0.2) is 61.5 Å². The van der Waals surface area contributed by atoms with Gasteiger partial charge < -0.3 is 35.5 Å². The van der Waals surface area contributed by atoms with Crippen molar-refractivity contribution in [2.75, 3.05) is 7.11 Å². The Morgan fingerprint density at radius 1 is 1.16 bits per heavy atom. The number of aliphatic hydroxyl groups excluding tert-OH is 2. The van der Waals surface area contributed by atoms with Gasteiger partial charge in [-0.2, -0.15) is 0 Å². The normalized spacial score (nSPS) is 27.8. The Morgan fingerprint density at radius 3 is 2.55 bits per heavy atom. The van der Waals surface area contributed by atoms with Gasteiger partial charge in [-0.15, -0.1) is 0 Å². The number of aromatic nitrogens is 1. The van der Waals surface area contributed by atoms with Crippen LogP contribution < -0.4 is 5.73 Å². The number of fused-ring (bicyclic) bond motifs is 3. The minimum atomic E-state index is -2.89. The van der Waals surface area contributed by atoms with Crippen molar-refractivity contribution in [1.82, 2.24) is 5.16 Å². The van der Waals surface area contributed by atoms with E-state index in [2.05, 4.69) is 10.3 Å². The monoisotopic (exact) mass is 521 g/mol. The number of aliphatic hydroxyl groups is 3. The summed E-state index contributed by atoms with van der Waals surface area (Å²) < 4.78 is 5.56. The van der Waals surface area contributed by atoms with Crippen LogP contribution in [0.5, 0.6) is 5.75 Å². The van der Waals surface area contributed by atoms with Gasteiger partial charge in [0.15, 0.2) is 17.1 Å². The Balaban J connectivity index is 1.52. The number of amides is 1. The van der Waals surface area contributed by atoms with Gasteiger partial charge >= 0.3 is 0 Å². The van der Waals surface area contributed by atoms with E-state index in [1.54, 1.807) is 6.07 Å². The highest BCUT2D eigenvalue weighted by Crippen LogP contribution is 2.52. The summed E-state index contributed by atoms with van der Waals surface area (Å²) in [5.41, 5.74) is 2.53. The second kappa shape index (κ2) is 8.02. The molecule has 1 aromatic carbocycles. The fraction of sp³-hybridized carbons (Fsp3) is 0.346. The lowest BCUT2D eigenvalue weighted by atomic mass is 9.58. The third-order valence-corrected chi connectivity index (χ3v) is 7.87. The highest BCUT2D eigenvalue weighted by molar-refractivity contribution is 6.38. The molecule has 4 aliphatic rings. The van der Waals surface area contributed by atoms with E-state index in [1.165, 1.54) is 6.07 Å². The number of phenolic OH excluding ortho intramolecular Hbond substituents is 1. The molecule has 2 saturated carbocycles. The zero-order valence-electron chi connectivity index (χ0n) is 20.1. The molecule has 38 heavy (non-hydrogen) atoms. The van der Waals surface area contributed by atoms with Crippen LogP contribution in [0.3, 0.4) is 0 Å². The number of nitrogens with zero attached hydrogens (tertiary/aromatic N) is 2. The fourth-order valence-electron chi connectivity index (χ4n) is 5.91. The van der Waals surface area contributed by atoms with E-state index in [-0.39, 0.29) is 35.4 Å². The number of nitrogens with two attached hydrogens (primary N) is 1. The van der Waals surface area contributed by atoms with Crippen molar-refractivity contribution in [3.05, 3.63) is 51.9 Å². The average molecular weight is 521 g/mol. The van der Waals surface area contributed by atoms with Gasteiger partial charge in [0, 0.05) is 23.1 Å². The number of carbonyl (C=O) groups is 3. The van der Waals surface area contributed by atoms with Gasteiger partial charge in [0.05, 0.1) is 17.2 Å². The maximum absolute atomic E-state index is 13.8. The lowest BCUT2D eigenvalue weighted by Gasteiger charge is -2.45. The van der Waals surface area contributed by atoms with Crippen LogP contribution >= 0.6 is 0 Å². The molecule has 4 aliphatic carbocycles. The van der Waals surface area contributed by atoms with Crippen LogP contribution in [0.4, 0.5) is 0 Å². The molecule has 12 heteroatoms. The van der Waals surface area contributed by atoms with Crippen molar-refractivity contribution >= 4 is 28.9 Å². The van der Waals surface area contributed by atoms with Crippen LogP contribution in [0.1, 0.15) is 42.0 Å². The smallest absolute Gasteiger partial charge is 0.256 e. The molecule has 0 radical (unpaired) electrons. The van der Waals surface area contributed by atoms with Gasteiger partial charge in [-0.05, 0) is 49.3 Å². The van der Waals surface area contributed by atoms with E-state index in [0.717, 1.165) is 25.6 Å². The van der Waals surface area contributed by atoms with Gasteiger partial charge in [-0.1, -0.05) is 10.3 Å². The molecule has 1 amide bonds. The van der Waals surface area contributed by atoms with Crippen molar-refractivity contribution in [3.8, 4) is 17.1 Å². The summed E-state index contributed by atoms with van der Waals surface area (Å²) in [6, 6.07) is 4.78. The molecule has 6 N–H and O–H groups in total. The number of primary amides is 1. The Kier molecular flexibility index (Phi) is 5.05. The number of carbonyl (C=O) groups excluding carboxylic acids is 3. The van der Waals surface area contributed by atoms with Gasteiger partial charge in [-0.25, -0.2) is 0 Å². The molecule has 0 saturated heterocycles. The molecule has 1 aromatic heterocycles. The van der Waals surface area contributed by atoms with Crippen LogP contribution in [-0.2, 0) is 25.6 Å². The van der Waals surface area contributed by atoms with Crippen molar-refractivity contribution in [2.45, 2.75) is 37.2 Å². The van der Waals surface area contributed by atoms with Gasteiger partial charge in [0.2, 0.25) is 11.6 Å². The molecule has 1 heterocycles. The SMILES string of the molecule is CO/N=C1\C(O)=C(C(N)=O)C(=O)[C@@]2(O)C(=O)C3=C(O)c4c(O)ccc(-c5cc(C6CC6)no5)c4CC3C[C@@H]12. The number of hydrogen-bond acceptors (Lipinski definition) is 11. The lowest BCUT2D eigenvalue weighted by Crippen LogP contribution is -2.64. The number of benzene rings is 1. The molecule has 6 rings (SSSR count). The summed E-state index contributed by atoms with van der Waals surface area (Å²) in [5, 5.41) is 51.9. The van der Waals surface area contributed by atoms with E-state index in [0.29, 0.717) is 22.8 Å². The second-order valence-corrected chi connectivity index (χ2v) is 10.00. The van der Waals surface area contributed by atoms with Crippen LogP contribution in [0.25, 0.3) is 17.1 Å². The Morgan fingerprint density at radius 2 is 1.89 bits per heavy atom. The lowest BCUT2D eigenvalue weighted by molar-refractivity contribution is -0.153. The van der Waals surface area contributed by atoms with Crippen molar-refractivity contribution in [2.24, 2.45) is 22.7 Å². The molecule has 0 bridgehead atoms. The molecular weight excluding hydrogens is 498 g/mol. The highest BCUT2D eigenvalue weighted by atomic mass is 16.6. The number of rotatable bonds is 4.